The molecule has 0 amide bonds. The fourth-order valence-corrected chi connectivity index (χ4v) is 28.6. The Bertz CT molecular complexity index is 727. The van der Waals surface area contributed by atoms with Gasteiger partial charge in [0.1, 0.15) is 0 Å². The van der Waals surface area contributed by atoms with Crippen LogP contribution in [0.3, 0.4) is 0 Å². The second-order valence-corrected chi connectivity index (χ2v) is 26.8. The molecule has 2 saturated carbocycles. The Kier molecular flexibility index (Phi) is 9.60. The summed E-state index contributed by atoms with van der Waals surface area (Å²) in [6.07, 6.45) is 22.6. The minimum absolute atomic E-state index is 0. The largest absolute Gasteiger partial charge is 0.147 e. The molecule has 0 saturated heterocycles. The van der Waals surface area contributed by atoms with Crippen LogP contribution < -0.4 is 0 Å². The standard InChI is InChI=1S/C13H17.C9H13.C2H6Si.2ClH.Zr/c1-3-7-12-10(5-1)9-11-6-2-4-8-13(11)12;1-3-8-6-5-7-9(8)4-2;1-3-2;;;/h1,3,5,7,9-13H,2,4,6,8H2;6H,3-5H2,1-2H3;1-2H3;2*1H;. The third-order valence-corrected chi connectivity index (χ3v) is 27.0. The first-order valence-corrected chi connectivity index (χ1v) is 19.9. The molecule has 0 spiro atoms. The van der Waals surface area contributed by atoms with Crippen LogP contribution in [0.15, 0.2) is 44.8 Å². The van der Waals surface area contributed by atoms with Gasteiger partial charge in [-0.1, -0.05) is 0 Å². The second kappa shape index (κ2) is 10.8. The molecular weight excluding hydrogens is 478 g/mol. The first-order valence-electron chi connectivity index (χ1n) is 11.1. The van der Waals surface area contributed by atoms with Gasteiger partial charge in [-0.2, -0.15) is 0 Å². The van der Waals surface area contributed by atoms with Crippen molar-refractivity contribution in [3.63, 3.8) is 0 Å². The monoisotopic (exact) mass is 514 g/mol. The van der Waals surface area contributed by atoms with Gasteiger partial charge in [-0.05, 0) is 0 Å². The zero-order valence-electron chi connectivity index (χ0n) is 18.0. The molecule has 4 aliphatic rings. The molecule has 2 fully saturated rings. The van der Waals surface area contributed by atoms with E-state index in [1.165, 1.54) is 38.5 Å². The molecule has 0 bridgehead atoms. The molecule has 0 aliphatic heterocycles. The van der Waals surface area contributed by atoms with Gasteiger partial charge >= 0.3 is 170 Å². The van der Waals surface area contributed by atoms with Gasteiger partial charge in [0.2, 0.25) is 0 Å². The van der Waals surface area contributed by atoms with Crippen LogP contribution in [0.25, 0.3) is 0 Å². The molecular formula is C24H38Cl2SiZr. The third-order valence-electron chi connectivity index (χ3n) is 7.70. The van der Waals surface area contributed by atoms with Crippen LogP contribution in [0.2, 0.25) is 16.7 Å². The van der Waals surface area contributed by atoms with Crippen molar-refractivity contribution >= 4 is 30.2 Å². The molecule has 5 atom stereocenters. The van der Waals surface area contributed by atoms with E-state index in [0.717, 1.165) is 27.3 Å². The van der Waals surface area contributed by atoms with E-state index in [0.29, 0.717) is 0 Å². The summed E-state index contributed by atoms with van der Waals surface area (Å²) < 4.78 is 3.18. The van der Waals surface area contributed by atoms with Crippen molar-refractivity contribution in [2.24, 2.45) is 23.7 Å². The summed E-state index contributed by atoms with van der Waals surface area (Å²) in [5.74, 6) is 3.87. The molecule has 4 heteroatoms. The molecule has 0 heterocycles. The van der Waals surface area contributed by atoms with Crippen molar-refractivity contribution in [2.45, 2.75) is 75.5 Å². The summed E-state index contributed by atoms with van der Waals surface area (Å²) in [7, 11) is 0. The van der Waals surface area contributed by atoms with E-state index in [4.69, 9.17) is 0 Å². The van der Waals surface area contributed by atoms with Gasteiger partial charge in [-0.25, -0.2) is 0 Å². The predicted molar refractivity (Wildman–Crippen MR) is 127 cm³/mol. The minimum atomic E-state index is -1.62. The molecule has 0 aromatic heterocycles. The zero-order valence-corrected chi connectivity index (χ0v) is 23.1. The Morgan fingerprint density at radius 1 is 0.929 bits per heavy atom. The summed E-state index contributed by atoms with van der Waals surface area (Å²) in [5.41, 5.74) is 3.40. The number of hydrogen-bond acceptors (Lipinski definition) is 0. The van der Waals surface area contributed by atoms with Crippen LogP contribution >= 0.6 is 24.8 Å². The fraction of sp³-hybridized carbons (Fsp3) is 0.667. The third kappa shape index (κ3) is 4.32. The average molecular weight is 517 g/mol. The Morgan fingerprint density at radius 3 is 2.18 bits per heavy atom. The Hall–Kier alpha value is 0.640. The van der Waals surface area contributed by atoms with Crippen molar-refractivity contribution in [3.05, 3.63) is 44.8 Å². The molecule has 156 valence electrons. The maximum atomic E-state index is 2.69. The maximum Gasteiger partial charge on any atom is -0.147 e. The summed E-state index contributed by atoms with van der Waals surface area (Å²) >= 11 is -1.62. The van der Waals surface area contributed by atoms with Gasteiger partial charge in [0.15, 0.2) is 0 Å². The molecule has 0 N–H and O–H groups in total. The number of rotatable bonds is 4. The smallest absolute Gasteiger partial charge is 0.147 e. The van der Waals surface area contributed by atoms with Crippen molar-refractivity contribution < 1.29 is 20.4 Å². The average Bonchev–Trinajstić information content (AvgIpc) is 3.22. The van der Waals surface area contributed by atoms with E-state index >= 15 is 0 Å². The van der Waals surface area contributed by atoms with Crippen LogP contribution in [-0.2, 0) is 20.4 Å². The van der Waals surface area contributed by atoms with Gasteiger partial charge in [0, 0.05) is 0 Å². The molecule has 5 unspecified atom stereocenters. The quantitative estimate of drug-likeness (QED) is 0.331. The molecule has 0 aromatic rings. The topological polar surface area (TPSA) is 0 Å². The van der Waals surface area contributed by atoms with E-state index in [9.17, 15) is 0 Å². The molecule has 4 aliphatic carbocycles. The van der Waals surface area contributed by atoms with Gasteiger partial charge < -0.3 is 0 Å². The molecule has 0 radical (unpaired) electrons. The number of halogens is 2. The molecule has 0 aromatic carbocycles. The van der Waals surface area contributed by atoms with E-state index in [-0.39, 0.29) is 30.2 Å². The van der Waals surface area contributed by atoms with Crippen LogP contribution in [-0.4, -0.2) is 5.43 Å². The second-order valence-electron chi connectivity index (χ2n) is 9.07. The van der Waals surface area contributed by atoms with Crippen molar-refractivity contribution in [1.82, 2.24) is 0 Å². The molecule has 4 rings (SSSR count). The maximum absolute atomic E-state index is 2.69. The summed E-state index contributed by atoms with van der Waals surface area (Å²) in [5, 5.41) is 0. The Morgan fingerprint density at radius 2 is 1.57 bits per heavy atom. The van der Waals surface area contributed by atoms with E-state index in [2.05, 4.69) is 60.6 Å². The number of allylic oxidation sites excluding steroid dienone is 8. The van der Waals surface area contributed by atoms with E-state index in [1.807, 2.05) is 5.57 Å². The number of hydrogen-bond donors (Lipinski definition) is 0. The normalized spacial score (nSPS) is 32.9. The summed E-state index contributed by atoms with van der Waals surface area (Å²) in [6, 6.07) is 0. The summed E-state index contributed by atoms with van der Waals surface area (Å²) in [4.78, 5) is 0. The Balaban J connectivity index is 0.00000140. The first-order chi connectivity index (χ1) is 12.7. The van der Waals surface area contributed by atoms with Crippen LogP contribution in [0.5, 0.6) is 0 Å². The van der Waals surface area contributed by atoms with Crippen LogP contribution in [0.4, 0.5) is 0 Å². The zero-order chi connectivity index (χ0) is 18.3. The Labute approximate surface area is 193 Å². The van der Waals surface area contributed by atoms with Crippen molar-refractivity contribution in [1.29, 1.82) is 0 Å². The minimum Gasteiger partial charge on any atom is -0.147 e. The van der Waals surface area contributed by atoms with Gasteiger partial charge in [-0.15, -0.1) is 24.8 Å². The SMILES string of the molecule is CCC1=CC[C]([Zr]([CH]2C3C=CC=CC3C3CCCCC32)=[Si](C)C)=C1CC.Cl.Cl. The predicted octanol–water partition coefficient (Wildman–Crippen LogP) is 8.07. The van der Waals surface area contributed by atoms with Crippen molar-refractivity contribution in [2.75, 3.05) is 0 Å². The van der Waals surface area contributed by atoms with E-state index < -0.39 is 20.4 Å². The van der Waals surface area contributed by atoms with Crippen LogP contribution in [0, 0.1) is 23.7 Å². The summed E-state index contributed by atoms with van der Waals surface area (Å²) in [6.45, 7) is 10.2. The van der Waals surface area contributed by atoms with Gasteiger partial charge in [0.25, 0.3) is 0 Å². The van der Waals surface area contributed by atoms with Gasteiger partial charge in [-0.3, -0.25) is 0 Å². The first kappa shape index (κ1) is 24.9. The fourth-order valence-electron chi connectivity index (χ4n) is 6.81. The van der Waals surface area contributed by atoms with Gasteiger partial charge in [0.05, 0.1) is 0 Å². The van der Waals surface area contributed by atoms with E-state index in [1.54, 1.807) is 12.0 Å². The molecule has 28 heavy (non-hydrogen) atoms. The number of fused-ring (bicyclic) bond motifs is 3. The van der Waals surface area contributed by atoms with Crippen LogP contribution in [0.1, 0.15) is 58.8 Å². The van der Waals surface area contributed by atoms with Crippen molar-refractivity contribution in [3.8, 4) is 0 Å². The molecule has 0 nitrogen and oxygen atoms in total.